The Kier molecular flexibility index (Phi) is 5.59. The molecule has 0 fully saturated rings. The SMILES string of the molecule is C=CCC(NCc1cccc(OC)c1)c1ccc(C)cc1. The normalized spacial score (nSPS) is 11.9. The third-order valence-corrected chi connectivity index (χ3v) is 3.57. The summed E-state index contributed by atoms with van der Waals surface area (Å²) in [5.41, 5.74) is 3.79. The first-order valence-corrected chi connectivity index (χ1v) is 7.26. The molecule has 2 rings (SSSR count). The minimum absolute atomic E-state index is 0.286. The lowest BCUT2D eigenvalue weighted by molar-refractivity contribution is 0.413. The molecule has 2 nitrogen and oxygen atoms in total. The number of hydrogen-bond donors (Lipinski definition) is 1. The van der Waals surface area contributed by atoms with Crippen LogP contribution >= 0.6 is 0 Å². The van der Waals surface area contributed by atoms with Gasteiger partial charge in [-0.1, -0.05) is 48.0 Å². The zero-order chi connectivity index (χ0) is 15.1. The van der Waals surface area contributed by atoms with E-state index in [2.05, 4.69) is 55.2 Å². The molecule has 2 aromatic rings. The highest BCUT2D eigenvalue weighted by Crippen LogP contribution is 2.19. The minimum atomic E-state index is 0.286. The lowest BCUT2D eigenvalue weighted by atomic mass is 10.0. The number of rotatable bonds is 7. The van der Waals surface area contributed by atoms with E-state index in [4.69, 9.17) is 4.74 Å². The van der Waals surface area contributed by atoms with Crippen molar-refractivity contribution in [3.63, 3.8) is 0 Å². The van der Waals surface area contributed by atoms with Gasteiger partial charge < -0.3 is 10.1 Å². The second-order valence-electron chi connectivity index (χ2n) is 5.22. The zero-order valence-electron chi connectivity index (χ0n) is 12.8. The van der Waals surface area contributed by atoms with Gasteiger partial charge in [0.2, 0.25) is 0 Å². The van der Waals surface area contributed by atoms with Gasteiger partial charge in [-0.25, -0.2) is 0 Å². The molecule has 0 aromatic heterocycles. The second kappa shape index (κ2) is 7.65. The van der Waals surface area contributed by atoms with E-state index in [-0.39, 0.29) is 6.04 Å². The molecule has 0 bridgehead atoms. The van der Waals surface area contributed by atoms with E-state index in [1.165, 1.54) is 16.7 Å². The zero-order valence-corrected chi connectivity index (χ0v) is 12.8. The van der Waals surface area contributed by atoms with Gasteiger partial charge in [0.25, 0.3) is 0 Å². The van der Waals surface area contributed by atoms with E-state index < -0.39 is 0 Å². The Hall–Kier alpha value is -2.06. The summed E-state index contributed by atoms with van der Waals surface area (Å²) >= 11 is 0. The lowest BCUT2D eigenvalue weighted by Gasteiger charge is -2.18. The summed E-state index contributed by atoms with van der Waals surface area (Å²) in [5.74, 6) is 0.893. The van der Waals surface area contributed by atoms with Gasteiger partial charge in [0, 0.05) is 12.6 Å². The number of hydrogen-bond acceptors (Lipinski definition) is 2. The molecule has 110 valence electrons. The van der Waals surface area contributed by atoms with Crippen LogP contribution in [-0.4, -0.2) is 7.11 Å². The Morgan fingerprint density at radius 2 is 1.95 bits per heavy atom. The molecule has 0 saturated heterocycles. The summed E-state index contributed by atoms with van der Waals surface area (Å²) in [6.45, 7) is 6.78. The fourth-order valence-electron chi connectivity index (χ4n) is 2.33. The predicted octanol–water partition coefficient (Wildman–Crippen LogP) is 4.41. The average Bonchev–Trinajstić information content (AvgIpc) is 2.52. The van der Waals surface area contributed by atoms with Crippen LogP contribution in [0.25, 0.3) is 0 Å². The van der Waals surface area contributed by atoms with Gasteiger partial charge in [0.1, 0.15) is 5.75 Å². The van der Waals surface area contributed by atoms with Crippen molar-refractivity contribution < 1.29 is 4.74 Å². The van der Waals surface area contributed by atoms with Gasteiger partial charge in [-0.3, -0.25) is 0 Å². The Balaban J connectivity index is 2.05. The van der Waals surface area contributed by atoms with Gasteiger partial charge in [-0.15, -0.1) is 6.58 Å². The van der Waals surface area contributed by atoms with Crippen LogP contribution in [0.1, 0.15) is 29.2 Å². The van der Waals surface area contributed by atoms with Crippen LogP contribution < -0.4 is 10.1 Å². The monoisotopic (exact) mass is 281 g/mol. The topological polar surface area (TPSA) is 21.3 Å². The third-order valence-electron chi connectivity index (χ3n) is 3.57. The lowest BCUT2D eigenvalue weighted by Crippen LogP contribution is -2.20. The van der Waals surface area contributed by atoms with E-state index in [1.807, 2.05) is 18.2 Å². The molecule has 1 N–H and O–H groups in total. The molecule has 0 aliphatic rings. The van der Waals surface area contributed by atoms with Crippen LogP contribution in [0.3, 0.4) is 0 Å². The van der Waals surface area contributed by atoms with Crippen molar-refractivity contribution in [3.8, 4) is 5.75 Å². The molecular weight excluding hydrogens is 258 g/mol. The number of nitrogens with one attached hydrogen (secondary N) is 1. The van der Waals surface area contributed by atoms with Gasteiger partial charge in [-0.05, 0) is 36.6 Å². The maximum atomic E-state index is 5.26. The van der Waals surface area contributed by atoms with Crippen molar-refractivity contribution in [2.45, 2.75) is 25.9 Å². The molecular formula is C19H23NO. The smallest absolute Gasteiger partial charge is 0.119 e. The summed E-state index contributed by atoms with van der Waals surface area (Å²) < 4.78 is 5.26. The van der Waals surface area contributed by atoms with Crippen molar-refractivity contribution in [2.75, 3.05) is 7.11 Å². The first kappa shape index (κ1) is 15.3. The van der Waals surface area contributed by atoms with Gasteiger partial charge in [-0.2, -0.15) is 0 Å². The molecule has 0 aliphatic carbocycles. The van der Waals surface area contributed by atoms with Gasteiger partial charge >= 0.3 is 0 Å². The molecule has 1 atom stereocenters. The highest BCUT2D eigenvalue weighted by Gasteiger charge is 2.09. The first-order valence-electron chi connectivity index (χ1n) is 7.26. The summed E-state index contributed by atoms with van der Waals surface area (Å²) in [7, 11) is 1.69. The Morgan fingerprint density at radius 1 is 1.19 bits per heavy atom. The number of benzene rings is 2. The van der Waals surface area contributed by atoms with E-state index in [1.54, 1.807) is 7.11 Å². The number of methoxy groups -OCH3 is 1. The van der Waals surface area contributed by atoms with E-state index in [0.29, 0.717) is 0 Å². The van der Waals surface area contributed by atoms with Crippen LogP contribution in [0.2, 0.25) is 0 Å². The molecule has 0 spiro atoms. The number of aryl methyl sites for hydroxylation is 1. The molecule has 2 heteroatoms. The van der Waals surface area contributed by atoms with Crippen molar-refractivity contribution in [3.05, 3.63) is 77.9 Å². The maximum Gasteiger partial charge on any atom is 0.119 e. The fourth-order valence-corrected chi connectivity index (χ4v) is 2.33. The largest absolute Gasteiger partial charge is 0.497 e. The third kappa shape index (κ3) is 4.47. The maximum absolute atomic E-state index is 5.26. The van der Waals surface area contributed by atoms with Crippen molar-refractivity contribution >= 4 is 0 Å². The standard InChI is InChI=1S/C19H23NO/c1-4-6-19(17-11-9-15(2)10-12-17)20-14-16-7-5-8-18(13-16)21-3/h4-5,7-13,19-20H,1,6,14H2,2-3H3. The van der Waals surface area contributed by atoms with Crippen molar-refractivity contribution in [1.82, 2.24) is 5.32 Å². The van der Waals surface area contributed by atoms with Crippen LogP contribution in [0.5, 0.6) is 5.75 Å². The fraction of sp³-hybridized carbons (Fsp3) is 0.263. The molecule has 0 radical (unpaired) electrons. The molecule has 21 heavy (non-hydrogen) atoms. The summed E-state index contributed by atoms with van der Waals surface area (Å²) in [6, 6.07) is 17.1. The molecule has 1 unspecified atom stereocenters. The average molecular weight is 281 g/mol. The van der Waals surface area contributed by atoms with Crippen LogP contribution in [0, 0.1) is 6.92 Å². The van der Waals surface area contributed by atoms with Crippen molar-refractivity contribution in [2.24, 2.45) is 0 Å². The molecule has 0 saturated carbocycles. The van der Waals surface area contributed by atoms with Crippen LogP contribution in [-0.2, 0) is 6.54 Å². The predicted molar refractivity (Wildman–Crippen MR) is 88.6 cm³/mol. The molecule has 0 aliphatic heterocycles. The summed E-state index contributed by atoms with van der Waals surface area (Å²) in [4.78, 5) is 0. The van der Waals surface area contributed by atoms with Gasteiger partial charge in [0.05, 0.1) is 7.11 Å². The summed E-state index contributed by atoms with van der Waals surface area (Å²) in [6.07, 6.45) is 2.87. The van der Waals surface area contributed by atoms with E-state index in [0.717, 1.165) is 18.7 Å². The second-order valence-corrected chi connectivity index (χ2v) is 5.22. The highest BCUT2D eigenvalue weighted by molar-refractivity contribution is 5.29. The Bertz CT molecular complexity index is 574. The first-order chi connectivity index (χ1) is 10.2. The van der Waals surface area contributed by atoms with E-state index in [9.17, 15) is 0 Å². The van der Waals surface area contributed by atoms with Gasteiger partial charge in [0.15, 0.2) is 0 Å². The Morgan fingerprint density at radius 3 is 2.62 bits per heavy atom. The summed E-state index contributed by atoms with van der Waals surface area (Å²) in [5, 5.41) is 3.60. The Labute approximate surface area is 127 Å². The highest BCUT2D eigenvalue weighted by atomic mass is 16.5. The van der Waals surface area contributed by atoms with Crippen LogP contribution in [0.15, 0.2) is 61.2 Å². The molecule has 0 heterocycles. The van der Waals surface area contributed by atoms with Crippen molar-refractivity contribution in [1.29, 1.82) is 0 Å². The number of ether oxygens (including phenoxy) is 1. The quantitative estimate of drug-likeness (QED) is 0.759. The van der Waals surface area contributed by atoms with Crippen LogP contribution in [0.4, 0.5) is 0 Å². The molecule has 2 aromatic carbocycles. The van der Waals surface area contributed by atoms with E-state index >= 15 is 0 Å². The molecule has 0 amide bonds. The minimum Gasteiger partial charge on any atom is -0.497 e.